The third kappa shape index (κ3) is 4.40. The highest BCUT2D eigenvalue weighted by Gasteiger charge is 2.10. The third-order valence-electron chi connectivity index (χ3n) is 3.59. The van der Waals surface area contributed by atoms with Gasteiger partial charge in [-0.25, -0.2) is 4.39 Å². The number of rotatable bonds is 5. The van der Waals surface area contributed by atoms with Crippen molar-refractivity contribution in [1.82, 2.24) is 0 Å². The average Bonchev–Trinajstić information content (AvgIpc) is 2.66. The van der Waals surface area contributed by atoms with E-state index >= 15 is 0 Å². The van der Waals surface area contributed by atoms with Crippen LogP contribution in [0.4, 0.5) is 10.1 Å². The number of anilines is 1. The highest BCUT2D eigenvalue weighted by molar-refractivity contribution is 9.10. The highest BCUT2D eigenvalue weighted by atomic mass is 79.9. The van der Waals surface area contributed by atoms with Crippen molar-refractivity contribution in [3.05, 3.63) is 82.6 Å². The van der Waals surface area contributed by atoms with E-state index in [0.717, 1.165) is 0 Å². The summed E-state index contributed by atoms with van der Waals surface area (Å²) in [4.78, 5) is 12.4. The summed E-state index contributed by atoms with van der Waals surface area (Å²) in [5.74, 6) is 1.11. The molecule has 0 radical (unpaired) electrons. The van der Waals surface area contributed by atoms with Crippen LogP contribution in [-0.2, 0) is 0 Å². The predicted molar refractivity (Wildman–Crippen MR) is 102 cm³/mol. The summed E-state index contributed by atoms with van der Waals surface area (Å²) in [5.41, 5.74) is 1.06. The Balaban J connectivity index is 1.76. The van der Waals surface area contributed by atoms with E-state index < -0.39 is 0 Å². The molecule has 3 rings (SSSR count). The van der Waals surface area contributed by atoms with Crippen LogP contribution < -0.4 is 14.8 Å². The van der Waals surface area contributed by atoms with Gasteiger partial charge in [0.15, 0.2) is 0 Å². The van der Waals surface area contributed by atoms with Gasteiger partial charge in [-0.05, 0) is 76.6 Å². The number of amides is 1. The summed E-state index contributed by atoms with van der Waals surface area (Å²) in [6.45, 7) is 0. The molecule has 0 aliphatic heterocycles. The van der Waals surface area contributed by atoms with E-state index in [4.69, 9.17) is 9.47 Å². The number of nitrogens with one attached hydrogen (secondary N) is 1. The lowest BCUT2D eigenvalue weighted by Crippen LogP contribution is -2.12. The van der Waals surface area contributed by atoms with Gasteiger partial charge in [0.25, 0.3) is 5.91 Å². The second kappa shape index (κ2) is 8.01. The Labute approximate surface area is 158 Å². The maximum absolute atomic E-state index is 13.0. The minimum atomic E-state index is -0.333. The van der Waals surface area contributed by atoms with E-state index in [1.165, 1.54) is 24.3 Å². The molecule has 0 bridgehead atoms. The van der Waals surface area contributed by atoms with Crippen LogP contribution in [0.3, 0.4) is 0 Å². The van der Waals surface area contributed by atoms with Crippen LogP contribution in [0.2, 0.25) is 0 Å². The number of methoxy groups -OCH3 is 1. The fourth-order valence-electron chi connectivity index (χ4n) is 2.24. The SMILES string of the molecule is COc1ccc(C(=O)Nc2cc(Oc3ccc(F)cc3)ccc2Br)cc1. The first-order valence-corrected chi connectivity index (χ1v) is 8.53. The van der Waals surface area contributed by atoms with E-state index in [-0.39, 0.29) is 11.7 Å². The number of halogens is 2. The largest absolute Gasteiger partial charge is 0.497 e. The van der Waals surface area contributed by atoms with Gasteiger partial charge in [-0.1, -0.05) is 0 Å². The normalized spacial score (nSPS) is 10.3. The zero-order valence-corrected chi connectivity index (χ0v) is 15.4. The number of ether oxygens (including phenoxy) is 2. The van der Waals surface area contributed by atoms with Crippen molar-refractivity contribution >= 4 is 27.5 Å². The van der Waals surface area contributed by atoms with Crippen molar-refractivity contribution in [2.24, 2.45) is 0 Å². The first-order chi connectivity index (χ1) is 12.5. The van der Waals surface area contributed by atoms with Crippen molar-refractivity contribution < 1.29 is 18.7 Å². The highest BCUT2D eigenvalue weighted by Crippen LogP contribution is 2.30. The van der Waals surface area contributed by atoms with Gasteiger partial charge in [0, 0.05) is 16.1 Å². The molecule has 6 heteroatoms. The van der Waals surface area contributed by atoms with Crippen molar-refractivity contribution in [3.63, 3.8) is 0 Å². The van der Waals surface area contributed by atoms with E-state index in [0.29, 0.717) is 33.0 Å². The standard InChI is InChI=1S/C20H15BrFNO3/c1-25-15-6-2-13(3-7-15)20(24)23-19-12-17(10-11-18(19)21)26-16-8-4-14(22)5-9-16/h2-12H,1H3,(H,23,24). The van der Waals surface area contributed by atoms with Gasteiger partial charge in [-0.3, -0.25) is 4.79 Å². The molecular formula is C20H15BrFNO3. The summed E-state index contributed by atoms with van der Waals surface area (Å²) >= 11 is 3.41. The van der Waals surface area contributed by atoms with Gasteiger partial charge in [0.2, 0.25) is 0 Å². The Hall–Kier alpha value is -2.86. The first kappa shape index (κ1) is 17.9. The van der Waals surface area contributed by atoms with E-state index in [9.17, 15) is 9.18 Å². The lowest BCUT2D eigenvalue weighted by Gasteiger charge is -2.11. The smallest absolute Gasteiger partial charge is 0.255 e. The van der Waals surface area contributed by atoms with Gasteiger partial charge in [0.1, 0.15) is 23.1 Å². The van der Waals surface area contributed by atoms with E-state index in [1.54, 1.807) is 49.6 Å². The molecule has 0 aliphatic carbocycles. The third-order valence-corrected chi connectivity index (χ3v) is 4.28. The molecule has 3 aromatic carbocycles. The van der Waals surface area contributed by atoms with Crippen molar-refractivity contribution in [3.8, 4) is 17.2 Å². The van der Waals surface area contributed by atoms with Gasteiger partial charge in [-0.15, -0.1) is 0 Å². The monoisotopic (exact) mass is 415 g/mol. The van der Waals surface area contributed by atoms with Crippen LogP contribution in [0.25, 0.3) is 0 Å². The predicted octanol–water partition coefficient (Wildman–Crippen LogP) is 5.64. The van der Waals surface area contributed by atoms with Crippen LogP contribution >= 0.6 is 15.9 Å². The van der Waals surface area contributed by atoms with Crippen molar-refractivity contribution in [2.45, 2.75) is 0 Å². The Morgan fingerprint density at radius 1 is 0.923 bits per heavy atom. The summed E-state index contributed by atoms with van der Waals surface area (Å²) < 4.78 is 24.5. The molecule has 4 nitrogen and oxygen atoms in total. The Morgan fingerprint density at radius 3 is 2.19 bits per heavy atom. The number of carbonyl (C=O) groups excluding carboxylic acids is 1. The summed E-state index contributed by atoms with van der Waals surface area (Å²) in [7, 11) is 1.57. The fraction of sp³-hybridized carbons (Fsp3) is 0.0500. The minimum Gasteiger partial charge on any atom is -0.497 e. The topological polar surface area (TPSA) is 47.6 Å². The van der Waals surface area contributed by atoms with Crippen LogP contribution in [0.1, 0.15) is 10.4 Å². The molecule has 3 aromatic rings. The molecule has 0 atom stereocenters. The Kier molecular flexibility index (Phi) is 5.53. The quantitative estimate of drug-likeness (QED) is 0.586. The van der Waals surface area contributed by atoms with Gasteiger partial charge >= 0.3 is 0 Å². The van der Waals surface area contributed by atoms with Crippen LogP contribution in [-0.4, -0.2) is 13.0 Å². The molecule has 0 unspecified atom stereocenters. The van der Waals surface area contributed by atoms with Gasteiger partial charge in [0.05, 0.1) is 12.8 Å². The van der Waals surface area contributed by atoms with Crippen LogP contribution in [0, 0.1) is 5.82 Å². The summed E-state index contributed by atoms with van der Waals surface area (Å²) in [6, 6.07) is 17.7. The molecule has 0 fully saturated rings. The lowest BCUT2D eigenvalue weighted by atomic mass is 10.2. The molecule has 1 amide bonds. The second-order valence-electron chi connectivity index (χ2n) is 5.38. The lowest BCUT2D eigenvalue weighted by molar-refractivity contribution is 0.102. The van der Waals surface area contributed by atoms with Gasteiger partial charge in [-0.2, -0.15) is 0 Å². The molecule has 1 N–H and O–H groups in total. The zero-order chi connectivity index (χ0) is 18.5. The molecule has 0 aliphatic rings. The summed E-state index contributed by atoms with van der Waals surface area (Å²) in [5, 5.41) is 2.83. The fourth-order valence-corrected chi connectivity index (χ4v) is 2.59. The molecule has 0 heterocycles. The van der Waals surface area contributed by atoms with Crippen LogP contribution in [0.15, 0.2) is 71.2 Å². The van der Waals surface area contributed by atoms with Crippen LogP contribution in [0.5, 0.6) is 17.2 Å². The first-order valence-electron chi connectivity index (χ1n) is 7.73. The molecule has 132 valence electrons. The molecule has 0 saturated carbocycles. The maximum Gasteiger partial charge on any atom is 0.255 e. The Bertz CT molecular complexity index is 911. The Morgan fingerprint density at radius 2 is 1.54 bits per heavy atom. The molecule has 26 heavy (non-hydrogen) atoms. The molecule has 0 saturated heterocycles. The molecule has 0 aromatic heterocycles. The van der Waals surface area contributed by atoms with E-state index in [1.807, 2.05) is 0 Å². The number of benzene rings is 3. The molecule has 0 spiro atoms. The number of carbonyl (C=O) groups is 1. The number of hydrogen-bond acceptors (Lipinski definition) is 3. The summed E-state index contributed by atoms with van der Waals surface area (Å²) in [6.07, 6.45) is 0. The average molecular weight is 416 g/mol. The second-order valence-corrected chi connectivity index (χ2v) is 6.23. The van der Waals surface area contributed by atoms with E-state index in [2.05, 4.69) is 21.2 Å². The van der Waals surface area contributed by atoms with Crippen molar-refractivity contribution in [2.75, 3.05) is 12.4 Å². The molecular weight excluding hydrogens is 401 g/mol. The van der Waals surface area contributed by atoms with Crippen molar-refractivity contribution in [1.29, 1.82) is 0 Å². The minimum absolute atomic E-state index is 0.257. The maximum atomic E-state index is 13.0. The zero-order valence-electron chi connectivity index (χ0n) is 13.8. The number of hydrogen-bond donors (Lipinski definition) is 1. The van der Waals surface area contributed by atoms with Gasteiger partial charge < -0.3 is 14.8 Å².